The van der Waals surface area contributed by atoms with Crippen molar-refractivity contribution in [2.45, 2.75) is 6.18 Å². The van der Waals surface area contributed by atoms with Crippen molar-refractivity contribution >= 4 is 23.4 Å². The second-order valence-electron chi connectivity index (χ2n) is 3.17. The second kappa shape index (κ2) is 5.27. The van der Waals surface area contributed by atoms with E-state index in [-0.39, 0.29) is 18.1 Å². The number of nitrogens with zero attached hydrogens (tertiary/aromatic N) is 1. The number of hydrogen-bond acceptors (Lipinski definition) is 1. The quantitative estimate of drug-likeness (QED) is 0.853. The van der Waals surface area contributed by atoms with Gasteiger partial charge in [-0.2, -0.15) is 13.2 Å². The van der Waals surface area contributed by atoms with E-state index in [1.807, 2.05) is 0 Å². The summed E-state index contributed by atoms with van der Waals surface area (Å²) in [6.07, 6.45) is -5.84. The molecule has 0 saturated heterocycles. The molecule has 0 fully saturated rings. The Morgan fingerprint density at radius 1 is 1.41 bits per heavy atom. The van der Waals surface area contributed by atoms with Crippen molar-refractivity contribution in [3.8, 4) is 0 Å². The highest BCUT2D eigenvalue weighted by molar-refractivity contribution is 6.18. The Labute approximate surface area is 100 Å². The molecule has 0 radical (unpaired) electrons. The van der Waals surface area contributed by atoms with Gasteiger partial charge in [-0.15, -0.1) is 11.6 Å². The Hall–Kier alpha value is -1.43. The fourth-order valence-corrected chi connectivity index (χ4v) is 1.44. The summed E-state index contributed by atoms with van der Waals surface area (Å²) in [5.41, 5.74) is -0.941. The number of carbonyl (C=O) groups is 1. The molecule has 1 aromatic rings. The number of rotatable bonds is 3. The Bertz CT molecular complexity index is 409. The molecule has 3 nitrogen and oxygen atoms in total. The van der Waals surface area contributed by atoms with Gasteiger partial charge in [0.05, 0.1) is 5.56 Å². The van der Waals surface area contributed by atoms with Crippen molar-refractivity contribution in [1.29, 1.82) is 0 Å². The number of anilines is 1. The van der Waals surface area contributed by atoms with Crippen LogP contribution in [0, 0.1) is 0 Å². The van der Waals surface area contributed by atoms with E-state index < -0.39 is 17.8 Å². The molecule has 1 rings (SSSR count). The Morgan fingerprint density at radius 2 is 2.06 bits per heavy atom. The van der Waals surface area contributed by atoms with E-state index in [0.29, 0.717) is 0 Å². The molecule has 0 heterocycles. The van der Waals surface area contributed by atoms with E-state index in [1.165, 1.54) is 6.07 Å². The first-order chi connectivity index (χ1) is 7.86. The van der Waals surface area contributed by atoms with Crippen LogP contribution in [-0.2, 0) is 6.18 Å². The first-order valence-corrected chi connectivity index (χ1v) is 5.13. The third-order valence-corrected chi connectivity index (χ3v) is 2.19. The molecular weight excluding hydrogens is 259 g/mol. The zero-order valence-corrected chi connectivity index (χ0v) is 9.29. The normalized spacial score (nSPS) is 11.3. The van der Waals surface area contributed by atoms with E-state index in [9.17, 15) is 18.0 Å². The Balaban J connectivity index is 3.08. The summed E-state index contributed by atoms with van der Waals surface area (Å²) in [4.78, 5) is 11.6. The van der Waals surface area contributed by atoms with Crippen LogP contribution < -0.4 is 4.90 Å². The molecule has 0 unspecified atom stereocenters. The zero-order chi connectivity index (χ0) is 13.1. The fraction of sp³-hybridized carbons (Fsp3) is 0.300. The van der Waals surface area contributed by atoms with E-state index in [0.717, 1.165) is 23.1 Å². The SMILES string of the molecule is O=C(O)N(CCCl)c1cccc(C(F)(F)F)c1. The van der Waals surface area contributed by atoms with E-state index in [1.54, 1.807) is 0 Å². The molecule has 0 aliphatic heterocycles. The molecule has 0 aliphatic carbocycles. The molecule has 17 heavy (non-hydrogen) atoms. The minimum atomic E-state index is -4.50. The number of carboxylic acid groups (broad SMARTS) is 1. The summed E-state index contributed by atoms with van der Waals surface area (Å²) in [6, 6.07) is 4.10. The van der Waals surface area contributed by atoms with Crippen LogP contribution in [-0.4, -0.2) is 23.6 Å². The monoisotopic (exact) mass is 267 g/mol. The Kier molecular flexibility index (Phi) is 4.22. The highest BCUT2D eigenvalue weighted by Crippen LogP contribution is 2.31. The molecule has 0 bridgehead atoms. The summed E-state index contributed by atoms with van der Waals surface area (Å²) >= 11 is 5.39. The molecule has 7 heteroatoms. The number of alkyl halides is 4. The molecule has 0 aromatic heterocycles. The predicted molar refractivity (Wildman–Crippen MR) is 57.5 cm³/mol. The van der Waals surface area contributed by atoms with Crippen molar-refractivity contribution in [3.05, 3.63) is 29.8 Å². The lowest BCUT2D eigenvalue weighted by molar-refractivity contribution is -0.137. The van der Waals surface area contributed by atoms with Crippen molar-refractivity contribution in [2.24, 2.45) is 0 Å². The smallest absolute Gasteiger partial charge is 0.416 e. The highest BCUT2D eigenvalue weighted by atomic mass is 35.5. The first-order valence-electron chi connectivity index (χ1n) is 4.60. The van der Waals surface area contributed by atoms with Gasteiger partial charge in [-0.3, -0.25) is 4.90 Å². The van der Waals surface area contributed by atoms with Crippen LogP contribution in [0.1, 0.15) is 5.56 Å². The van der Waals surface area contributed by atoms with Crippen LogP contribution >= 0.6 is 11.6 Å². The molecule has 94 valence electrons. The average molecular weight is 268 g/mol. The van der Waals surface area contributed by atoms with Crippen molar-refractivity contribution in [2.75, 3.05) is 17.3 Å². The second-order valence-corrected chi connectivity index (χ2v) is 3.55. The standard InChI is InChI=1S/C10H9ClF3NO2/c11-4-5-15(9(16)17)8-3-1-2-7(6-8)10(12,13)14/h1-3,6H,4-5H2,(H,16,17). The summed E-state index contributed by atoms with van der Waals surface area (Å²) in [7, 11) is 0. The largest absolute Gasteiger partial charge is 0.465 e. The topological polar surface area (TPSA) is 40.5 Å². The minimum Gasteiger partial charge on any atom is -0.465 e. The van der Waals surface area contributed by atoms with Gasteiger partial charge < -0.3 is 5.11 Å². The maximum absolute atomic E-state index is 12.4. The van der Waals surface area contributed by atoms with Crippen LogP contribution in [0.3, 0.4) is 0 Å². The third kappa shape index (κ3) is 3.52. The average Bonchev–Trinajstić information content (AvgIpc) is 2.24. The maximum Gasteiger partial charge on any atom is 0.416 e. The minimum absolute atomic E-state index is 0.00253. The summed E-state index contributed by atoms with van der Waals surface area (Å²) in [6.45, 7) is -0.0712. The molecule has 0 spiro atoms. The molecule has 1 aromatic carbocycles. The fourth-order valence-electron chi connectivity index (χ4n) is 1.27. The predicted octanol–water partition coefficient (Wildman–Crippen LogP) is 3.43. The highest BCUT2D eigenvalue weighted by Gasteiger charge is 2.31. The van der Waals surface area contributed by atoms with Gasteiger partial charge in [0.25, 0.3) is 0 Å². The summed E-state index contributed by atoms with van der Waals surface area (Å²) in [5, 5.41) is 8.84. The van der Waals surface area contributed by atoms with Crippen LogP contribution in [0.4, 0.5) is 23.7 Å². The molecular formula is C10H9ClF3NO2. The molecule has 0 atom stereocenters. The molecule has 0 aliphatic rings. The Morgan fingerprint density at radius 3 is 2.53 bits per heavy atom. The van der Waals surface area contributed by atoms with Crippen molar-refractivity contribution in [1.82, 2.24) is 0 Å². The van der Waals surface area contributed by atoms with E-state index >= 15 is 0 Å². The lowest BCUT2D eigenvalue weighted by Gasteiger charge is -2.19. The zero-order valence-electron chi connectivity index (χ0n) is 8.54. The number of amides is 1. The molecule has 0 saturated carbocycles. The van der Waals surface area contributed by atoms with Crippen LogP contribution in [0.25, 0.3) is 0 Å². The van der Waals surface area contributed by atoms with Gasteiger partial charge in [-0.05, 0) is 18.2 Å². The van der Waals surface area contributed by atoms with Gasteiger partial charge in [-0.25, -0.2) is 4.79 Å². The van der Waals surface area contributed by atoms with Gasteiger partial charge in [0.2, 0.25) is 0 Å². The van der Waals surface area contributed by atoms with Crippen LogP contribution in [0.15, 0.2) is 24.3 Å². The van der Waals surface area contributed by atoms with Crippen LogP contribution in [0.5, 0.6) is 0 Å². The van der Waals surface area contributed by atoms with Gasteiger partial charge >= 0.3 is 12.3 Å². The van der Waals surface area contributed by atoms with Gasteiger partial charge in [-0.1, -0.05) is 6.07 Å². The molecule has 1 amide bonds. The lowest BCUT2D eigenvalue weighted by Crippen LogP contribution is -2.31. The van der Waals surface area contributed by atoms with Gasteiger partial charge in [0.15, 0.2) is 0 Å². The number of hydrogen-bond donors (Lipinski definition) is 1. The van der Waals surface area contributed by atoms with Crippen molar-refractivity contribution in [3.63, 3.8) is 0 Å². The maximum atomic E-state index is 12.4. The van der Waals surface area contributed by atoms with Crippen LogP contribution in [0.2, 0.25) is 0 Å². The third-order valence-electron chi connectivity index (χ3n) is 2.02. The van der Waals surface area contributed by atoms with Gasteiger partial charge in [0, 0.05) is 18.1 Å². The van der Waals surface area contributed by atoms with E-state index in [2.05, 4.69) is 0 Å². The number of halogens is 4. The lowest BCUT2D eigenvalue weighted by atomic mass is 10.2. The van der Waals surface area contributed by atoms with E-state index in [4.69, 9.17) is 16.7 Å². The summed E-state index contributed by atoms with van der Waals surface area (Å²) < 4.78 is 37.3. The first kappa shape index (κ1) is 13.6. The van der Waals surface area contributed by atoms with Crippen molar-refractivity contribution < 1.29 is 23.1 Å². The summed E-state index contributed by atoms with van der Waals surface area (Å²) in [5.74, 6) is 0.00253. The van der Waals surface area contributed by atoms with Gasteiger partial charge in [0.1, 0.15) is 0 Å². The molecule has 1 N–H and O–H groups in total. The number of benzene rings is 1.